The van der Waals surface area contributed by atoms with Gasteiger partial charge in [0, 0.05) is 22.6 Å². The predicted molar refractivity (Wildman–Crippen MR) is 75.4 cm³/mol. The van der Waals surface area contributed by atoms with Crippen molar-refractivity contribution >= 4 is 10.9 Å². The van der Waals surface area contributed by atoms with E-state index >= 15 is 0 Å². The molecule has 1 atom stereocenters. The largest absolute Gasteiger partial charge is 0.357 e. The van der Waals surface area contributed by atoms with Crippen molar-refractivity contribution in [1.82, 2.24) is 10.3 Å². The maximum atomic E-state index is 3.58. The van der Waals surface area contributed by atoms with Crippen LogP contribution >= 0.6 is 0 Å². The topological polar surface area (TPSA) is 27.8 Å². The number of H-pyrrole nitrogens is 1. The molecule has 1 aliphatic rings. The van der Waals surface area contributed by atoms with Crippen molar-refractivity contribution in [2.75, 3.05) is 6.54 Å². The lowest BCUT2D eigenvalue weighted by atomic mass is 9.92. The molecule has 2 aromatic rings. The minimum absolute atomic E-state index is 0.432. The van der Waals surface area contributed by atoms with Gasteiger partial charge in [-0.3, -0.25) is 5.32 Å². The molecule has 0 fully saturated rings. The highest BCUT2D eigenvalue weighted by Crippen LogP contribution is 2.34. The van der Waals surface area contributed by atoms with E-state index in [9.17, 15) is 0 Å². The Morgan fingerprint density at radius 2 is 2.28 bits per heavy atom. The summed E-state index contributed by atoms with van der Waals surface area (Å²) in [6, 6.07) is 9.03. The van der Waals surface area contributed by atoms with Crippen LogP contribution in [-0.4, -0.2) is 11.5 Å². The molecule has 18 heavy (non-hydrogen) atoms. The van der Waals surface area contributed by atoms with E-state index in [0.717, 1.165) is 6.54 Å². The fraction of sp³-hybridized carbons (Fsp3) is 0.375. The van der Waals surface area contributed by atoms with Crippen LogP contribution in [0, 0.1) is 11.8 Å². The van der Waals surface area contributed by atoms with Crippen LogP contribution in [-0.2, 0) is 6.42 Å². The number of aromatic nitrogens is 1. The Hall–Kier alpha value is -1.72. The molecule has 1 heterocycles. The van der Waals surface area contributed by atoms with Gasteiger partial charge in [0.2, 0.25) is 0 Å². The molecule has 1 aromatic heterocycles. The Morgan fingerprint density at radius 1 is 1.39 bits per heavy atom. The van der Waals surface area contributed by atoms with E-state index in [1.165, 1.54) is 41.4 Å². The Balaban J connectivity index is 1.96. The third kappa shape index (κ3) is 1.91. The molecule has 0 radical (unpaired) electrons. The van der Waals surface area contributed by atoms with Crippen LogP contribution in [0.1, 0.15) is 37.1 Å². The molecule has 0 amide bonds. The smallest absolute Gasteiger partial charge is 0.0581 e. The van der Waals surface area contributed by atoms with Crippen molar-refractivity contribution < 1.29 is 0 Å². The Morgan fingerprint density at radius 3 is 3.17 bits per heavy atom. The highest BCUT2D eigenvalue weighted by Gasteiger charge is 2.23. The van der Waals surface area contributed by atoms with Crippen LogP contribution in [0.5, 0.6) is 0 Å². The number of nitrogens with one attached hydrogen (secondary N) is 2. The Kier molecular flexibility index (Phi) is 3.08. The Bertz CT molecular complexity index is 613. The minimum atomic E-state index is 0.432. The fourth-order valence-corrected chi connectivity index (χ4v) is 2.88. The van der Waals surface area contributed by atoms with Crippen LogP contribution in [0.25, 0.3) is 10.9 Å². The van der Waals surface area contributed by atoms with Gasteiger partial charge in [0.15, 0.2) is 0 Å². The van der Waals surface area contributed by atoms with E-state index < -0.39 is 0 Å². The molecule has 3 rings (SSSR count). The summed E-state index contributed by atoms with van der Waals surface area (Å²) in [6.07, 6.45) is 3.65. The van der Waals surface area contributed by atoms with E-state index in [1.54, 1.807) is 0 Å². The maximum Gasteiger partial charge on any atom is 0.0581 e. The van der Waals surface area contributed by atoms with Crippen molar-refractivity contribution in [1.29, 1.82) is 0 Å². The normalized spacial score (nSPS) is 18.2. The van der Waals surface area contributed by atoms with Crippen molar-refractivity contribution in [3.05, 3.63) is 35.5 Å². The number of rotatable bonds is 2. The number of hydrogen-bond acceptors (Lipinski definition) is 1. The number of benzene rings is 1. The molecule has 0 saturated heterocycles. The predicted octanol–water partition coefficient (Wildman–Crippen LogP) is 3.16. The van der Waals surface area contributed by atoms with Crippen LogP contribution in [0.3, 0.4) is 0 Å². The van der Waals surface area contributed by atoms with Gasteiger partial charge in [-0.05, 0) is 37.8 Å². The summed E-state index contributed by atoms with van der Waals surface area (Å²) in [4.78, 5) is 3.58. The van der Waals surface area contributed by atoms with Gasteiger partial charge in [-0.15, -0.1) is 5.92 Å². The number of aromatic amines is 1. The molecule has 2 N–H and O–H groups in total. The van der Waals surface area contributed by atoms with Gasteiger partial charge in [-0.2, -0.15) is 0 Å². The summed E-state index contributed by atoms with van der Waals surface area (Å²) >= 11 is 0. The lowest BCUT2D eigenvalue weighted by Crippen LogP contribution is -2.25. The molecular weight excluding hydrogens is 220 g/mol. The third-order valence-corrected chi connectivity index (χ3v) is 3.73. The first-order valence-corrected chi connectivity index (χ1v) is 6.62. The van der Waals surface area contributed by atoms with E-state index in [2.05, 4.69) is 46.4 Å². The molecule has 0 saturated carbocycles. The van der Waals surface area contributed by atoms with E-state index in [0.29, 0.717) is 6.04 Å². The maximum absolute atomic E-state index is 3.58. The molecule has 1 unspecified atom stereocenters. The van der Waals surface area contributed by atoms with E-state index in [4.69, 9.17) is 0 Å². The zero-order chi connectivity index (χ0) is 12.4. The second-order valence-corrected chi connectivity index (χ2v) is 4.82. The zero-order valence-corrected chi connectivity index (χ0v) is 10.7. The van der Waals surface area contributed by atoms with Gasteiger partial charge < -0.3 is 4.98 Å². The molecule has 0 bridgehead atoms. The van der Waals surface area contributed by atoms with Crippen molar-refractivity contribution in [2.24, 2.45) is 0 Å². The SMILES string of the molecule is CC#CCNC1CCCc2c1[nH]c1ccccc21. The molecular formula is C16H18N2. The van der Waals surface area contributed by atoms with Crippen LogP contribution < -0.4 is 5.32 Å². The quantitative estimate of drug-likeness (QED) is 0.773. The molecule has 1 aliphatic carbocycles. The summed E-state index contributed by atoms with van der Waals surface area (Å²) < 4.78 is 0. The van der Waals surface area contributed by atoms with Crippen LogP contribution in [0.2, 0.25) is 0 Å². The molecule has 2 nitrogen and oxygen atoms in total. The van der Waals surface area contributed by atoms with Gasteiger partial charge >= 0.3 is 0 Å². The third-order valence-electron chi connectivity index (χ3n) is 3.73. The van der Waals surface area contributed by atoms with Gasteiger partial charge in [0.05, 0.1) is 6.54 Å². The highest BCUT2D eigenvalue weighted by molar-refractivity contribution is 5.85. The second kappa shape index (κ2) is 4.88. The lowest BCUT2D eigenvalue weighted by Gasteiger charge is -2.23. The first-order valence-electron chi connectivity index (χ1n) is 6.62. The van der Waals surface area contributed by atoms with Gasteiger partial charge in [-0.1, -0.05) is 24.1 Å². The monoisotopic (exact) mass is 238 g/mol. The van der Waals surface area contributed by atoms with Gasteiger partial charge in [0.1, 0.15) is 0 Å². The number of para-hydroxylation sites is 1. The van der Waals surface area contributed by atoms with Crippen LogP contribution in [0.4, 0.5) is 0 Å². The first kappa shape index (κ1) is 11.4. The van der Waals surface area contributed by atoms with Crippen molar-refractivity contribution in [3.63, 3.8) is 0 Å². The van der Waals surface area contributed by atoms with Crippen molar-refractivity contribution in [3.8, 4) is 11.8 Å². The average molecular weight is 238 g/mol. The van der Waals surface area contributed by atoms with Gasteiger partial charge in [0.25, 0.3) is 0 Å². The first-order chi connectivity index (χ1) is 8.90. The van der Waals surface area contributed by atoms with Crippen LogP contribution in [0.15, 0.2) is 24.3 Å². The molecule has 92 valence electrons. The standard InChI is InChI=1S/C16H18N2/c1-2-3-11-17-15-10-6-8-13-12-7-4-5-9-14(12)18-16(13)15/h4-5,7,9,15,17-18H,6,8,10-11H2,1H3. The Labute approximate surface area is 108 Å². The zero-order valence-electron chi connectivity index (χ0n) is 10.7. The minimum Gasteiger partial charge on any atom is -0.357 e. The molecule has 2 heteroatoms. The highest BCUT2D eigenvalue weighted by atomic mass is 14.9. The van der Waals surface area contributed by atoms with E-state index in [-0.39, 0.29) is 0 Å². The number of fused-ring (bicyclic) bond motifs is 3. The summed E-state index contributed by atoms with van der Waals surface area (Å²) in [5.74, 6) is 6.02. The summed E-state index contributed by atoms with van der Waals surface area (Å²) in [7, 11) is 0. The molecule has 0 aliphatic heterocycles. The van der Waals surface area contributed by atoms with E-state index in [1.807, 2.05) is 6.92 Å². The molecule has 0 spiro atoms. The molecule has 1 aromatic carbocycles. The summed E-state index contributed by atoms with van der Waals surface area (Å²) in [5.41, 5.74) is 4.14. The van der Waals surface area contributed by atoms with Gasteiger partial charge in [-0.25, -0.2) is 0 Å². The number of aryl methyl sites for hydroxylation is 1. The van der Waals surface area contributed by atoms with Crippen molar-refractivity contribution in [2.45, 2.75) is 32.2 Å². The second-order valence-electron chi connectivity index (χ2n) is 4.82. The summed E-state index contributed by atoms with van der Waals surface area (Å²) in [5, 5.41) is 4.92. The lowest BCUT2D eigenvalue weighted by molar-refractivity contribution is 0.476. The fourth-order valence-electron chi connectivity index (χ4n) is 2.88. The summed E-state index contributed by atoms with van der Waals surface area (Å²) in [6.45, 7) is 2.66. The number of hydrogen-bond donors (Lipinski definition) is 2. The average Bonchev–Trinajstić information content (AvgIpc) is 2.79.